The first-order valence-corrected chi connectivity index (χ1v) is 15.3. The first-order chi connectivity index (χ1) is 10.7. The van der Waals surface area contributed by atoms with Gasteiger partial charge >= 0.3 is 17.1 Å². The summed E-state index contributed by atoms with van der Waals surface area (Å²) >= 11 is 0. The lowest BCUT2D eigenvalue weighted by molar-refractivity contribution is 0.179. The number of rotatable bonds is 15. The summed E-state index contributed by atoms with van der Waals surface area (Å²) < 4.78 is 18.4. The molecule has 0 amide bonds. The highest BCUT2D eigenvalue weighted by Gasteiger charge is 2.36. The quantitative estimate of drug-likeness (QED) is 0.255. The van der Waals surface area contributed by atoms with Crippen LogP contribution in [0.1, 0.15) is 72.1 Å². The van der Waals surface area contributed by atoms with Crippen molar-refractivity contribution in [1.82, 2.24) is 0 Å². The lowest BCUT2D eigenvalue weighted by Gasteiger charge is -2.33. The zero-order chi connectivity index (χ0) is 17.8. The van der Waals surface area contributed by atoms with Gasteiger partial charge in [0.15, 0.2) is 0 Å². The van der Waals surface area contributed by atoms with E-state index in [0.29, 0.717) is 5.92 Å². The van der Waals surface area contributed by atoms with E-state index in [4.69, 9.17) is 13.0 Å². The molecule has 0 spiro atoms. The Morgan fingerprint density at radius 3 is 1.70 bits per heavy atom. The summed E-state index contributed by atoms with van der Waals surface area (Å²) in [4.78, 5) is 0. The van der Waals surface area contributed by atoms with Crippen molar-refractivity contribution in [3.63, 3.8) is 0 Å². The Kier molecular flexibility index (Phi) is 12.8. The van der Waals surface area contributed by atoms with E-state index in [1.807, 2.05) is 0 Å². The molecule has 0 fully saturated rings. The van der Waals surface area contributed by atoms with Crippen molar-refractivity contribution in [2.24, 2.45) is 5.92 Å². The Labute approximate surface area is 148 Å². The van der Waals surface area contributed by atoms with Crippen LogP contribution in [0.15, 0.2) is 0 Å². The summed E-state index contributed by atoms with van der Waals surface area (Å²) in [5.41, 5.74) is 0. The largest absolute Gasteiger partial charge is 0.415 e. The topological polar surface area (TPSA) is 27.7 Å². The van der Waals surface area contributed by atoms with Crippen molar-refractivity contribution in [2.45, 2.75) is 98.3 Å². The predicted octanol–water partition coefficient (Wildman–Crippen LogP) is 6.24. The zero-order valence-electron chi connectivity index (χ0n) is 16.9. The SMILES string of the molecule is CCCCCCCCCCO[Si](C)(C)O[Si](C)(C)OCC(C)C. The lowest BCUT2D eigenvalue weighted by Crippen LogP contribution is -2.49. The summed E-state index contributed by atoms with van der Waals surface area (Å²) in [5, 5.41) is 0. The minimum absolute atomic E-state index is 0.549. The van der Waals surface area contributed by atoms with Gasteiger partial charge in [-0.3, -0.25) is 0 Å². The summed E-state index contributed by atoms with van der Waals surface area (Å²) in [6.45, 7) is 16.8. The van der Waals surface area contributed by atoms with Crippen LogP contribution in [0.3, 0.4) is 0 Å². The van der Waals surface area contributed by atoms with Crippen molar-refractivity contribution in [3.8, 4) is 0 Å². The van der Waals surface area contributed by atoms with E-state index in [1.54, 1.807) is 0 Å². The monoisotopic (exact) mass is 362 g/mol. The lowest BCUT2D eigenvalue weighted by atomic mass is 10.1. The van der Waals surface area contributed by atoms with Crippen molar-refractivity contribution < 1.29 is 13.0 Å². The van der Waals surface area contributed by atoms with Gasteiger partial charge in [-0.25, -0.2) is 0 Å². The Hall–Kier alpha value is 0.314. The first kappa shape index (κ1) is 23.3. The molecular formula is C18H42O3Si2. The third-order valence-electron chi connectivity index (χ3n) is 3.70. The van der Waals surface area contributed by atoms with Gasteiger partial charge in [0, 0.05) is 13.2 Å². The highest BCUT2D eigenvalue weighted by atomic mass is 28.5. The average molecular weight is 363 g/mol. The Morgan fingerprint density at radius 1 is 0.696 bits per heavy atom. The van der Waals surface area contributed by atoms with Gasteiger partial charge in [-0.15, -0.1) is 0 Å². The molecule has 23 heavy (non-hydrogen) atoms. The third kappa shape index (κ3) is 15.6. The van der Waals surface area contributed by atoms with Gasteiger partial charge in [-0.1, -0.05) is 65.7 Å². The van der Waals surface area contributed by atoms with Crippen molar-refractivity contribution in [3.05, 3.63) is 0 Å². The molecule has 0 aliphatic heterocycles. The molecule has 0 radical (unpaired) electrons. The molecule has 0 heterocycles. The van der Waals surface area contributed by atoms with Crippen LogP contribution in [0.4, 0.5) is 0 Å². The van der Waals surface area contributed by atoms with Crippen molar-refractivity contribution >= 4 is 17.1 Å². The van der Waals surface area contributed by atoms with Crippen LogP contribution in [-0.2, 0) is 13.0 Å². The van der Waals surface area contributed by atoms with Gasteiger partial charge in [0.05, 0.1) is 0 Å². The molecule has 0 aliphatic carbocycles. The molecule has 140 valence electrons. The predicted molar refractivity (Wildman–Crippen MR) is 105 cm³/mol. The van der Waals surface area contributed by atoms with E-state index in [9.17, 15) is 0 Å². The summed E-state index contributed by atoms with van der Waals surface area (Å²) in [5.74, 6) is 0.549. The molecule has 0 N–H and O–H groups in total. The van der Waals surface area contributed by atoms with Crippen molar-refractivity contribution in [1.29, 1.82) is 0 Å². The van der Waals surface area contributed by atoms with Crippen molar-refractivity contribution in [2.75, 3.05) is 13.2 Å². The van der Waals surface area contributed by atoms with Crippen LogP contribution in [0.2, 0.25) is 26.2 Å². The Balaban J connectivity index is 3.74. The molecular weight excluding hydrogens is 320 g/mol. The van der Waals surface area contributed by atoms with Gasteiger partial charge in [0.25, 0.3) is 0 Å². The summed E-state index contributed by atoms with van der Waals surface area (Å²) in [7, 11) is -4.12. The second kappa shape index (κ2) is 12.6. The third-order valence-corrected chi connectivity index (χ3v) is 9.40. The average Bonchev–Trinajstić information content (AvgIpc) is 2.42. The first-order valence-electron chi connectivity index (χ1n) is 9.66. The number of hydrogen-bond donors (Lipinski definition) is 0. The van der Waals surface area contributed by atoms with E-state index in [-0.39, 0.29) is 0 Å². The van der Waals surface area contributed by atoms with Crippen LogP contribution in [0, 0.1) is 5.92 Å². The van der Waals surface area contributed by atoms with Gasteiger partial charge in [-0.2, -0.15) is 0 Å². The maximum absolute atomic E-state index is 6.28. The molecule has 3 nitrogen and oxygen atoms in total. The maximum atomic E-state index is 6.28. The van der Waals surface area contributed by atoms with Gasteiger partial charge in [-0.05, 0) is 38.5 Å². The second-order valence-corrected chi connectivity index (χ2v) is 14.9. The van der Waals surface area contributed by atoms with E-state index < -0.39 is 17.1 Å². The molecule has 0 aromatic carbocycles. The van der Waals surface area contributed by atoms with E-state index >= 15 is 0 Å². The molecule has 0 atom stereocenters. The van der Waals surface area contributed by atoms with E-state index in [0.717, 1.165) is 19.6 Å². The van der Waals surface area contributed by atoms with E-state index in [1.165, 1.54) is 44.9 Å². The van der Waals surface area contributed by atoms with Gasteiger partial charge < -0.3 is 13.0 Å². The molecule has 0 unspecified atom stereocenters. The molecule has 0 aliphatic rings. The zero-order valence-corrected chi connectivity index (χ0v) is 18.9. The Bertz CT molecular complexity index is 281. The van der Waals surface area contributed by atoms with Crippen LogP contribution in [0.5, 0.6) is 0 Å². The van der Waals surface area contributed by atoms with E-state index in [2.05, 4.69) is 47.0 Å². The highest BCUT2D eigenvalue weighted by Crippen LogP contribution is 2.18. The number of hydrogen-bond acceptors (Lipinski definition) is 3. The minimum Gasteiger partial charge on any atom is -0.415 e. The smallest absolute Gasteiger partial charge is 0.322 e. The van der Waals surface area contributed by atoms with Gasteiger partial charge in [0.1, 0.15) is 0 Å². The summed E-state index contributed by atoms with van der Waals surface area (Å²) in [6.07, 6.45) is 10.7. The number of unbranched alkanes of at least 4 members (excludes halogenated alkanes) is 7. The molecule has 0 saturated heterocycles. The maximum Gasteiger partial charge on any atom is 0.322 e. The van der Waals surface area contributed by atoms with Crippen LogP contribution >= 0.6 is 0 Å². The normalized spacial score (nSPS) is 13.0. The summed E-state index contributed by atoms with van der Waals surface area (Å²) in [6, 6.07) is 0. The fourth-order valence-corrected chi connectivity index (χ4v) is 9.15. The van der Waals surface area contributed by atoms with Gasteiger partial charge in [0.2, 0.25) is 0 Å². The molecule has 5 heteroatoms. The fourth-order valence-electron chi connectivity index (χ4n) is 2.57. The molecule has 0 aromatic rings. The highest BCUT2D eigenvalue weighted by molar-refractivity contribution is 6.78. The fraction of sp³-hybridized carbons (Fsp3) is 1.00. The minimum atomic E-state index is -2.06. The second-order valence-electron chi connectivity index (χ2n) is 7.93. The molecule has 0 aromatic heterocycles. The van der Waals surface area contributed by atoms with Crippen LogP contribution in [-0.4, -0.2) is 30.3 Å². The molecule has 0 bridgehead atoms. The standard InChI is InChI=1S/C18H42O3Si2/c1-8-9-10-11-12-13-14-15-16-19-22(4,5)21-23(6,7)20-17-18(2)3/h18H,8-17H2,1-7H3. The van der Waals surface area contributed by atoms with Crippen LogP contribution in [0.25, 0.3) is 0 Å². The Morgan fingerprint density at radius 2 is 1.17 bits per heavy atom. The molecule has 0 rings (SSSR count). The molecule has 0 saturated carbocycles. The van der Waals surface area contributed by atoms with Crippen LogP contribution < -0.4 is 0 Å².